The number of hydrogen-bond acceptors (Lipinski definition) is 1. The third kappa shape index (κ3) is 8.09. The number of rotatable bonds is 5. The Morgan fingerprint density at radius 2 is 2.07 bits per heavy atom. The molecule has 0 aromatic heterocycles. The molecule has 0 amide bonds. The van der Waals surface area contributed by atoms with Crippen LogP contribution in [0.1, 0.15) is 19.3 Å². The molecule has 80 valence electrons. The third-order valence-corrected chi connectivity index (χ3v) is 2.66. The molecular weight excluding hydrogens is 188 g/mol. The number of allylic oxidation sites excluding steroid dienone is 1. The second kappa shape index (κ2) is 6.86. The first-order chi connectivity index (χ1) is 6.49. The lowest BCUT2D eigenvalue weighted by Crippen LogP contribution is -2.18. The molecule has 0 aromatic rings. The molecule has 2 heteroatoms. The summed E-state index contributed by atoms with van der Waals surface area (Å²) in [5, 5.41) is 0. The first-order valence-electron chi connectivity index (χ1n) is 5.16. The summed E-state index contributed by atoms with van der Waals surface area (Å²) >= 11 is 0. The molecule has 0 N–H and O–H groups in total. The first-order valence-corrected chi connectivity index (χ1v) is 8.66. The highest BCUT2D eigenvalue weighted by Gasteiger charge is 2.09. The lowest BCUT2D eigenvalue weighted by molar-refractivity contribution is 0.139. The lowest BCUT2D eigenvalue weighted by atomic mass is 10.1. The zero-order valence-corrected chi connectivity index (χ0v) is 10.9. The molecule has 0 saturated carbocycles. The molecule has 0 aliphatic heterocycles. The highest BCUT2D eigenvalue weighted by atomic mass is 28.3. The van der Waals surface area contributed by atoms with Crippen molar-refractivity contribution >= 4 is 8.07 Å². The van der Waals surface area contributed by atoms with E-state index in [0.717, 1.165) is 19.3 Å². The Morgan fingerprint density at radius 1 is 1.43 bits per heavy atom. The van der Waals surface area contributed by atoms with Crippen LogP contribution < -0.4 is 0 Å². The summed E-state index contributed by atoms with van der Waals surface area (Å²) in [5.74, 6) is 3.22. The van der Waals surface area contributed by atoms with Crippen molar-refractivity contribution in [3.63, 3.8) is 0 Å². The van der Waals surface area contributed by atoms with Gasteiger partial charge in [0.25, 0.3) is 0 Å². The molecule has 0 saturated heterocycles. The van der Waals surface area contributed by atoms with Crippen LogP contribution in [0.3, 0.4) is 0 Å². The van der Waals surface area contributed by atoms with Crippen molar-refractivity contribution in [1.29, 1.82) is 0 Å². The predicted octanol–water partition coefficient (Wildman–Crippen LogP) is 3.24. The quantitative estimate of drug-likeness (QED) is 0.293. The van der Waals surface area contributed by atoms with E-state index >= 15 is 0 Å². The minimum absolute atomic E-state index is 0.113. The number of methoxy groups -OCH3 is 1. The van der Waals surface area contributed by atoms with Gasteiger partial charge in [0.1, 0.15) is 14.2 Å². The Morgan fingerprint density at radius 3 is 2.50 bits per heavy atom. The van der Waals surface area contributed by atoms with Gasteiger partial charge < -0.3 is 4.74 Å². The van der Waals surface area contributed by atoms with Gasteiger partial charge in [-0.1, -0.05) is 31.6 Å². The largest absolute Gasteiger partial charge is 0.369 e. The zero-order valence-electron chi connectivity index (χ0n) is 9.89. The van der Waals surface area contributed by atoms with E-state index in [-0.39, 0.29) is 6.10 Å². The van der Waals surface area contributed by atoms with Gasteiger partial charge in [-0.3, -0.25) is 0 Å². The fourth-order valence-electron chi connectivity index (χ4n) is 0.994. The molecular formula is C12H22OSi. The molecule has 0 aliphatic rings. The molecule has 1 nitrogen and oxygen atoms in total. The summed E-state index contributed by atoms with van der Waals surface area (Å²) in [6.45, 7) is 10.4. The van der Waals surface area contributed by atoms with Gasteiger partial charge in [-0.15, -0.1) is 12.1 Å². The average Bonchev–Trinajstić information content (AvgIpc) is 2.09. The normalized spacial score (nSPS) is 12.9. The fourth-order valence-corrected chi connectivity index (χ4v) is 1.59. The van der Waals surface area contributed by atoms with Gasteiger partial charge in [0.2, 0.25) is 0 Å². The first kappa shape index (κ1) is 13.5. The highest BCUT2D eigenvalue weighted by Crippen LogP contribution is 2.05. The second-order valence-electron chi connectivity index (χ2n) is 4.46. The summed E-state index contributed by atoms with van der Waals surface area (Å²) in [4.78, 5) is 0. The van der Waals surface area contributed by atoms with Crippen LogP contribution in [-0.4, -0.2) is 21.3 Å². The topological polar surface area (TPSA) is 9.23 Å². The highest BCUT2D eigenvalue weighted by molar-refractivity contribution is 6.83. The maximum atomic E-state index is 5.31. The van der Waals surface area contributed by atoms with Crippen molar-refractivity contribution in [3.8, 4) is 11.5 Å². The molecule has 0 radical (unpaired) electrons. The third-order valence-electron chi connectivity index (χ3n) is 1.77. The Bertz CT molecular complexity index is 217. The summed E-state index contributed by atoms with van der Waals surface area (Å²) in [6, 6.07) is 0. The minimum atomic E-state index is -1.25. The van der Waals surface area contributed by atoms with Crippen molar-refractivity contribution < 1.29 is 4.74 Å². The second-order valence-corrected chi connectivity index (χ2v) is 9.21. The van der Waals surface area contributed by atoms with Crippen LogP contribution in [0.4, 0.5) is 0 Å². The van der Waals surface area contributed by atoms with E-state index in [4.69, 9.17) is 4.74 Å². The number of hydrogen-bond donors (Lipinski definition) is 0. The standard InChI is InChI=1S/C12H22OSi/c1-6-7-8-9-12(13-2)10-11-14(3,4)5/h6,12H,1,7-9H2,2-5H3/t12-/m0/s1. The molecule has 1 atom stereocenters. The Balaban J connectivity index is 4.00. The predicted molar refractivity (Wildman–Crippen MR) is 66.0 cm³/mol. The molecule has 0 rings (SSSR count). The lowest BCUT2D eigenvalue weighted by Gasteiger charge is -2.09. The van der Waals surface area contributed by atoms with Crippen LogP contribution in [0.2, 0.25) is 19.6 Å². The average molecular weight is 210 g/mol. The summed E-state index contributed by atoms with van der Waals surface area (Å²) < 4.78 is 5.31. The van der Waals surface area contributed by atoms with E-state index in [1.54, 1.807) is 7.11 Å². The van der Waals surface area contributed by atoms with Gasteiger partial charge in [0, 0.05) is 7.11 Å². The van der Waals surface area contributed by atoms with Crippen LogP contribution >= 0.6 is 0 Å². The Labute approximate surface area is 89.6 Å². The molecule has 0 spiro atoms. The molecule has 0 bridgehead atoms. The van der Waals surface area contributed by atoms with E-state index in [0.29, 0.717) is 0 Å². The molecule has 0 unspecified atom stereocenters. The smallest absolute Gasteiger partial charge is 0.129 e. The van der Waals surface area contributed by atoms with Gasteiger partial charge >= 0.3 is 0 Å². The summed E-state index contributed by atoms with van der Waals surface area (Å²) in [7, 11) is 0.489. The van der Waals surface area contributed by atoms with Crippen molar-refractivity contribution in [2.24, 2.45) is 0 Å². The Hall–Kier alpha value is -0.523. The van der Waals surface area contributed by atoms with Crippen LogP contribution in [-0.2, 0) is 4.74 Å². The Kier molecular flexibility index (Phi) is 6.60. The van der Waals surface area contributed by atoms with Gasteiger partial charge in [0.15, 0.2) is 0 Å². The van der Waals surface area contributed by atoms with Gasteiger partial charge in [-0.25, -0.2) is 0 Å². The van der Waals surface area contributed by atoms with E-state index < -0.39 is 8.07 Å². The van der Waals surface area contributed by atoms with Crippen LogP contribution in [0.15, 0.2) is 12.7 Å². The van der Waals surface area contributed by atoms with Crippen molar-refractivity contribution in [1.82, 2.24) is 0 Å². The maximum Gasteiger partial charge on any atom is 0.129 e. The van der Waals surface area contributed by atoms with Crippen LogP contribution in [0, 0.1) is 11.5 Å². The summed E-state index contributed by atoms with van der Waals surface area (Å²) in [6.07, 6.45) is 5.23. The molecule has 0 heterocycles. The molecule has 0 aliphatic carbocycles. The van der Waals surface area contributed by atoms with Crippen molar-refractivity contribution in [2.45, 2.75) is 45.0 Å². The minimum Gasteiger partial charge on any atom is -0.369 e. The fraction of sp³-hybridized carbons (Fsp3) is 0.667. The van der Waals surface area contributed by atoms with E-state index in [2.05, 4.69) is 37.7 Å². The van der Waals surface area contributed by atoms with Crippen molar-refractivity contribution in [3.05, 3.63) is 12.7 Å². The summed E-state index contributed by atoms with van der Waals surface area (Å²) in [5.41, 5.74) is 3.34. The van der Waals surface area contributed by atoms with Crippen LogP contribution in [0.25, 0.3) is 0 Å². The van der Waals surface area contributed by atoms with Crippen LogP contribution in [0.5, 0.6) is 0 Å². The monoisotopic (exact) mass is 210 g/mol. The molecule has 14 heavy (non-hydrogen) atoms. The van der Waals surface area contributed by atoms with E-state index in [9.17, 15) is 0 Å². The maximum absolute atomic E-state index is 5.31. The van der Waals surface area contributed by atoms with Gasteiger partial charge in [0.05, 0.1) is 0 Å². The zero-order chi connectivity index (χ0) is 11.0. The van der Waals surface area contributed by atoms with Crippen molar-refractivity contribution in [2.75, 3.05) is 7.11 Å². The number of ether oxygens (including phenoxy) is 1. The number of unbranched alkanes of at least 4 members (excludes halogenated alkanes) is 1. The molecule has 0 aromatic carbocycles. The van der Waals surface area contributed by atoms with E-state index in [1.165, 1.54) is 0 Å². The SMILES string of the molecule is C=CCCC[C@@H](C#C[Si](C)(C)C)OC. The van der Waals surface area contributed by atoms with Gasteiger partial charge in [-0.05, 0) is 19.3 Å². The van der Waals surface area contributed by atoms with Gasteiger partial charge in [-0.2, -0.15) is 0 Å². The van der Waals surface area contributed by atoms with E-state index in [1.807, 2.05) is 6.08 Å². The molecule has 0 fully saturated rings.